The monoisotopic (exact) mass is 352 g/mol. The number of aryl methyl sites for hydroxylation is 2. The Balaban J connectivity index is 2.09. The molecule has 0 aliphatic rings. The Morgan fingerprint density at radius 2 is 1.96 bits per heavy atom. The Hall–Kier alpha value is -2.88. The molecule has 0 N–H and O–H groups in total. The van der Waals surface area contributed by atoms with Gasteiger partial charge in [-0.1, -0.05) is 36.9 Å². The molecule has 0 saturated heterocycles. The van der Waals surface area contributed by atoms with Gasteiger partial charge in [0.1, 0.15) is 5.76 Å². The van der Waals surface area contributed by atoms with Gasteiger partial charge in [-0.2, -0.15) is 0 Å². The van der Waals surface area contributed by atoms with Crippen LogP contribution < -0.4 is 0 Å². The normalized spacial score (nSPS) is 11.3. The van der Waals surface area contributed by atoms with Gasteiger partial charge in [-0.05, 0) is 67.2 Å². The third kappa shape index (κ3) is 5.06. The van der Waals surface area contributed by atoms with Crippen molar-refractivity contribution in [1.29, 1.82) is 0 Å². The molecule has 26 heavy (non-hydrogen) atoms. The standard InChI is InChI=1S/C22H24O4/c1-15(2)22(24)25-11-5-6-18-7-10-21-17(4)19(8-9-20(21)13-18)12-16(3)26-14-23/h7-10,12-14H,1,5-6,11H2,2-4H3/b16-12+. The maximum Gasteiger partial charge on any atom is 0.333 e. The van der Waals surface area contributed by atoms with E-state index in [1.54, 1.807) is 13.8 Å². The minimum atomic E-state index is -0.339. The Kier molecular flexibility index (Phi) is 6.73. The van der Waals surface area contributed by atoms with E-state index >= 15 is 0 Å². The molecule has 4 heteroatoms. The lowest BCUT2D eigenvalue weighted by molar-refractivity contribution is -0.139. The molecule has 0 heterocycles. The van der Waals surface area contributed by atoms with Crippen molar-refractivity contribution in [2.24, 2.45) is 0 Å². The summed E-state index contributed by atoms with van der Waals surface area (Å²) in [6, 6.07) is 10.4. The van der Waals surface area contributed by atoms with Gasteiger partial charge in [-0.25, -0.2) is 4.79 Å². The second-order valence-corrected chi connectivity index (χ2v) is 6.32. The molecule has 0 amide bonds. The zero-order valence-electron chi connectivity index (χ0n) is 15.5. The van der Waals surface area contributed by atoms with E-state index in [0.717, 1.165) is 34.7 Å². The van der Waals surface area contributed by atoms with E-state index in [2.05, 4.69) is 37.8 Å². The molecule has 0 aliphatic carbocycles. The highest BCUT2D eigenvalue weighted by Crippen LogP contribution is 2.25. The number of hydrogen-bond acceptors (Lipinski definition) is 4. The molecular formula is C22H24O4. The molecule has 0 radical (unpaired) electrons. The summed E-state index contributed by atoms with van der Waals surface area (Å²) in [6.07, 6.45) is 3.46. The molecule has 0 bridgehead atoms. The fourth-order valence-electron chi connectivity index (χ4n) is 2.76. The van der Waals surface area contributed by atoms with Gasteiger partial charge in [0.15, 0.2) is 0 Å². The lowest BCUT2D eigenvalue weighted by atomic mass is 9.97. The van der Waals surface area contributed by atoms with Crippen LogP contribution in [0.3, 0.4) is 0 Å². The van der Waals surface area contributed by atoms with E-state index in [4.69, 9.17) is 9.47 Å². The van der Waals surface area contributed by atoms with Crippen molar-refractivity contribution >= 4 is 29.3 Å². The molecule has 0 spiro atoms. The van der Waals surface area contributed by atoms with Crippen molar-refractivity contribution in [1.82, 2.24) is 0 Å². The van der Waals surface area contributed by atoms with Crippen LogP contribution in [0.25, 0.3) is 16.8 Å². The third-order valence-electron chi connectivity index (χ3n) is 4.18. The number of fused-ring (bicyclic) bond motifs is 1. The van der Waals surface area contributed by atoms with E-state index < -0.39 is 0 Å². The topological polar surface area (TPSA) is 52.6 Å². The highest BCUT2D eigenvalue weighted by molar-refractivity contribution is 5.89. The number of carbonyl (C=O) groups is 2. The van der Waals surface area contributed by atoms with Crippen molar-refractivity contribution in [2.45, 2.75) is 33.6 Å². The van der Waals surface area contributed by atoms with E-state index in [1.165, 1.54) is 5.56 Å². The molecule has 0 unspecified atom stereocenters. The van der Waals surface area contributed by atoms with Crippen LogP contribution in [-0.2, 0) is 25.5 Å². The minimum Gasteiger partial charge on any atom is -0.462 e. The van der Waals surface area contributed by atoms with Gasteiger partial charge in [-0.15, -0.1) is 0 Å². The summed E-state index contributed by atoms with van der Waals surface area (Å²) in [6.45, 7) is 9.84. The quantitative estimate of drug-likeness (QED) is 0.226. The molecule has 2 aromatic carbocycles. The summed E-state index contributed by atoms with van der Waals surface area (Å²) < 4.78 is 9.98. The lowest BCUT2D eigenvalue weighted by Crippen LogP contribution is -2.06. The number of benzene rings is 2. The summed E-state index contributed by atoms with van der Waals surface area (Å²) in [5.41, 5.74) is 3.78. The lowest BCUT2D eigenvalue weighted by Gasteiger charge is -2.10. The van der Waals surface area contributed by atoms with E-state index in [-0.39, 0.29) is 5.97 Å². The first-order valence-corrected chi connectivity index (χ1v) is 8.56. The van der Waals surface area contributed by atoms with Crippen molar-refractivity contribution in [3.05, 3.63) is 64.9 Å². The number of hydrogen-bond donors (Lipinski definition) is 0. The van der Waals surface area contributed by atoms with Gasteiger partial charge < -0.3 is 9.47 Å². The Labute approximate surface area is 154 Å². The van der Waals surface area contributed by atoms with E-state index in [9.17, 15) is 9.59 Å². The number of ether oxygens (including phenoxy) is 2. The van der Waals surface area contributed by atoms with Crippen LogP contribution in [0.2, 0.25) is 0 Å². The summed E-state index contributed by atoms with van der Waals surface area (Å²) in [5, 5.41) is 2.32. The van der Waals surface area contributed by atoms with Crippen LogP contribution in [0, 0.1) is 6.92 Å². The van der Waals surface area contributed by atoms with Gasteiger partial charge >= 0.3 is 5.97 Å². The van der Waals surface area contributed by atoms with Crippen molar-refractivity contribution in [3.8, 4) is 0 Å². The molecule has 0 saturated carbocycles. The first-order chi connectivity index (χ1) is 12.4. The predicted octanol–water partition coefficient (Wildman–Crippen LogP) is 4.73. The van der Waals surface area contributed by atoms with Gasteiger partial charge in [0.2, 0.25) is 0 Å². The average Bonchev–Trinajstić information content (AvgIpc) is 2.61. The highest BCUT2D eigenvalue weighted by Gasteiger charge is 2.06. The van der Waals surface area contributed by atoms with Crippen LogP contribution in [0.15, 0.2) is 48.2 Å². The van der Waals surface area contributed by atoms with Gasteiger partial charge in [0.25, 0.3) is 6.47 Å². The molecule has 2 aromatic rings. The maximum atomic E-state index is 11.4. The molecule has 4 nitrogen and oxygen atoms in total. The number of allylic oxidation sites excluding steroid dienone is 1. The largest absolute Gasteiger partial charge is 0.462 e. The van der Waals surface area contributed by atoms with Gasteiger partial charge in [0.05, 0.1) is 6.61 Å². The zero-order valence-corrected chi connectivity index (χ0v) is 15.5. The van der Waals surface area contributed by atoms with Crippen LogP contribution in [-0.4, -0.2) is 19.0 Å². The van der Waals surface area contributed by atoms with E-state index in [1.807, 2.05) is 12.1 Å². The number of esters is 1. The summed E-state index contributed by atoms with van der Waals surface area (Å²) in [4.78, 5) is 21.8. The van der Waals surface area contributed by atoms with Gasteiger partial charge in [0, 0.05) is 5.57 Å². The number of carbonyl (C=O) groups excluding carboxylic acids is 2. The minimum absolute atomic E-state index is 0.339. The SMILES string of the molecule is C=C(C)C(=O)OCCCc1ccc2c(C)c(/C=C(\C)OC=O)ccc2c1. The molecule has 0 aromatic heterocycles. The first kappa shape index (κ1) is 19.4. The van der Waals surface area contributed by atoms with Crippen LogP contribution in [0.1, 0.15) is 37.0 Å². The Morgan fingerprint density at radius 3 is 2.65 bits per heavy atom. The second kappa shape index (κ2) is 8.99. The van der Waals surface area contributed by atoms with Crippen molar-refractivity contribution in [2.75, 3.05) is 6.61 Å². The fourth-order valence-corrected chi connectivity index (χ4v) is 2.76. The molecule has 2 rings (SSSR count). The number of rotatable bonds is 8. The van der Waals surface area contributed by atoms with Gasteiger partial charge in [-0.3, -0.25) is 4.79 Å². The van der Waals surface area contributed by atoms with Crippen LogP contribution >= 0.6 is 0 Å². The van der Waals surface area contributed by atoms with Crippen LogP contribution in [0.4, 0.5) is 0 Å². The fraction of sp³-hybridized carbons (Fsp3) is 0.273. The first-order valence-electron chi connectivity index (χ1n) is 8.56. The maximum absolute atomic E-state index is 11.4. The molecule has 0 fully saturated rings. The summed E-state index contributed by atoms with van der Waals surface area (Å²) in [5.74, 6) is 0.219. The second-order valence-electron chi connectivity index (χ2n) is 6.32. The highest BCUT2D eigenvalue weighted by atomic mass is 16.5. The van der Waals surface area contributed by atoms with Crippen molar-refractivity contribution < 1.29 is 19.1 Å². The third-order valence-corrected chi connectivity index (χ3v) is 4.18. The predicted molar refractivity (Wildman–Crippen MR) is 104 cm³/mol. The molecular weight excluding hydrogens is 328 g/mol. The Morgan fingerprint density at radius 1 is 1.19 bits per heavy atom. The smallest absolute Gasteiger partial charge is 0.333 e. The molecule has 136 valence electrons. The molecule has 0 aliphatic heterocycles. The Bertz CT molecular complexity index is 862. The zero-order chi connectivity index (χ0) is 19.1. The average molecular weight is 352 g/mol. The molecule has 0 atom stereocenters. The summed E-state index contributed by atoms with van der Waals surface area (Å²) in [7, 11) is 0. The van der Waals surface area contributed by atoms with Crippen LogP contribution in [0.5, 0.6) is 0 Å². The van der Waals surface area contributed by atoms with E-state index in [0.29, 0.717) is 24.4 Å². The summed E-state index contributed by atoms with van der Waals surface area (Å²) >= 11 is 0. The van der Waals surface area contributed by atoms with Crippen molar-refractivity contribution in [3.63, 3.8) is 0 Å².